The number of fused-ring (bicyclic) bond motifs is 1. The highest BCUT2D eigenvalue weighted by atomic mass is 16.4. The predicted octanol–water partition coefficient (Wildman–Crippen LogP) is 3.27. The summed E-state index contributed by atoms with van der Waals surface area (Å²) in [6.45, 7) is 3.70. The molecule has 0 fully saturated rings. The van der Waals surface area contributed by atoms with Crippen LogP contribution in [0.25, 0.3) is 10.8 Å². The van der Waals surface area contributed by atoms with Gasteiger partial charge in [0.25, 0.3) is 0 Å². The van der Waals surface area contributed by atoms with Gasteiger partial charge in [0.15, 0.2) is 0 Å². The van der Waals surface area contributed by atoms with E-state index >= 15 is 0 Å². The van der Waals surface area contributed by atoms with Gasteiger partial charge in [0.2, 0.25) is 0 Å². The van der Waals surface area contributed by atoms with Gasteiger partial charge in [-0.05, 0) is 34.9 Å². The first kappa shape index (κ1) is 10.4. The number of carboxylic acids is 1. The largest absolute Gasteiger partial charge is 0.478 e. The molecule has 16 heavy (non-hydrogen) atoms. The van der Waals surface area contributed by atoms with Crippen molar-refractivity contribution in [3.05, 3.63) is 60.2 Å². The summed E-state index contributed by atoms with van der Waals surface area (Å²) in [5.41, 5.74) is 1.51. The molecule has 0 unspecified atom stereocenters. The van der Waals surface area contributed by atoms with Crippen molar-refractivity contribution in [1.82, 2.24) is 0 Å². The molecular formula is C14H12O2. The Labute approximate surface area is 93.8 Å². The van der Waals surface area contributed by atoms with E-state index in [1.807, 2.05) is 24.3 Å². The molecule has 0 spiro atoms. The third kappa shape index (κ3) is 1.96. The lowest BCUT2D eigenvalue weighted by molar-refractivity contribution is 0.0697. The van der Waals surface area contributed by atoms with E-state index in [9.17, 15) is 4.79 Å². The van der Waals surface area contributed by atoms with Gasteiger partial charge in [-0.3, -0.25) is 0 Å². The van der Waals surface area contributed by atoms with Crippen LogP contribution in [-0.2, 0) is 6.42 Å². The summed E-state index contributed by atoms with van der Waals surface area (Å²) >= 11 is 0. The normalized spacial score (nSPS) is 10.2. The van der Waals surface area contributed by atoms with Gasteiger partial charge in [-0.2, -0.15) is 0 Å². The number of rotatable bonds is 3. The second-order valence-electron chi connectivity index (χ2n) is 3.69. The molecule has 0 aliphatic heterocycles. The van der Waals surface area contributed by atoms with Gasteiger partial charge in [0, 0.05) is 0 Å². The fourth-order valence-corrected chi connectivity index (χ4v) is 1.72. The number of allylic oxidation sites excluding steroid dienone is 1. The zero-order valence-corrected chi connectivity index (χ0v) is 8.81. The molecule has 0 aliphatic rings. The monoisotopic (exact) mass is 212 g/mol. The number of hydrogen-bond donors (Lipinski definition) is 1. The van der Waals surface area contributed by atoms with Crippen molar-refractivity contribution in [2.24, 2.45) is 0 Å². The first-order valence-corrected chi connectivity index (χ1v) is 5.07. The topological polar surface area (TPSA) is 37.3 Å². The smallest absolute Gasteiger partial charge is 0.335 e. The second kappa shape index (κ2) is 4.19. The highest BCUT2D eigenvalue weighted by molar-refractivity contribution is 5.94. The molecule has 0 radical (unpaired) electrons. The lowest BCUT2D eigenvalue weighted by atomic mass is 10.0. The molecule has 2 nitrogen and oxygen atoms in total. The number of aromatic carboxylic acids is 1. The molecule has 80 valence electrons. The summed E-state index contributed by atoms with van der Waals surface area (Å²) in [4.78, 5) is 10.8. The molecule has 1 N–H and O–H groups in total. The summed E-state index contributed by atoms with van der Waals surface area (Å²) in [6.07, 6.45) is 2.68. The third-order valence-electron chi connectivity index (χ3n) is 2.53. The summed E-state index contributed by atoms with van der Waals surface area (Å²) in [6, 6.07) is 11.2. The first-order valence-electron chi connectivity index (χ1n) is 5.07. The average Bonchev–Trinajstić information content (AvgIpc) is 2.28. The van der Waals surface area contributed by atoms with E-state index in [1.165, 1.54) is 5.56 Å². The van der Waals surface area contributed by atoms with Crippen LogP contribution in [-0.4, -0.2) is 11.1 Å². The molecule has 0 saturated carbocycles. The Morgan fingerprint density at radius 1 is 1.19 bits per heavy atom. The Morgan fingerprint density at radius 3 is 2.56 bits per heavy atom. The Kier molecular flexibility index (Phi) is 2.73. The minimum atomic E-state index is -0.892. The molecule has 0 atom stereocenters. The molecular weight excluding hydrogens is 200 g/mol. The van der Waals surface area contributed by atoms with Crippen molar-refractivity contribution in [3.8, 4) is 0 Å². The van der Waals surface area contributed by atoms with E-state index in [0.717, 1.165) is 17.2 Å². The maximum absolute atomic E-state index is 10.8. The standard InChI is InChI=1S/C14H12O2/c1-2-3-10-4-5-12-9-13(14(15)16)7-6-11(12)8-10/h2,4-9H,1,3H2,(H,15,16). The fourth-order valence-electron chi connectivity index (χ4n) is 1.72. The van der Waals surface area contributed by atoms with Crippen LogP contribution in [0.15, 0.2) is 49.1 Å². The molecule has 2 heteroatoms. The number of carboxylic acid groups (broad SMARTS) is 1. The van der Waals surface area contributed by atoms with Gasteiger partial charge in [-0.15, -0.1) is 6.58 Å². The van der Waals surface area contributed by atoms with E-state index in [1.54, 1.807) is 12.1 Å². The SMILES string of the molecule is C=CCc1ccc2cc(C(=O)O)ccc2c1. The van der Waals surface area contributed by atoms with E-state index < -0.39 is 5.97 Å². The van der Waals surface area contributed by atoms with Crippen molar-refractivity contribution in [2.45, 2.75) is 6.42 Å². The Hall–Kier alpha value is -2.09. The first-order chi connectivity index (χ1) is 7.70. The van der Waals surface area contributed by atoms with Gasteiger partial charge in [-0.25, -0.2) is 4.79 Å². The van der Waals surface area contributed by atoms with Crippen molar-refractivity contribution in [1.29, 1.82) is 0 Å². The minimum absolute atomic E-state index is 0.323. The molecule has 0 aliphatic carbocycles. The minimum Gasteiger partial charge on any atom is -0.478 e. The zero-order chi connectivity index (χ0) is 11.5. The lowest BCUT2D eigenvalue weighted by Gasteiger charge is -2.02. The van der Waals surface area contributed by atoms with Crippen molar-refractivity contribution < 1.29 is 9.90 Å². The Balaban J connectivity index is 2.52. The number of benzene rings is 2. The number of hydrogen-bond acceptors (Lipinski definition) is 1. The van der Waals surface area contributed by atoms with Gasteiger partial charge in [-0.1, -0.05) is 30.3 Å². The Bertz CT molecular complexity index is 556. The third-order valence-corrected chi connectivity index (χ3v) is 2.53. The molecule has 0 aromatic heterocycles. The quantitative estimate of drug-likeness (QED) is 0.793. The molecule has 0 bridgehead atoms. The van der Waals surface area contributed by atoms with Crippen LogP contribution in [0.4, 0.5) is 0 Å². The summed E-state index contributed by atoms with van der Waals surface area (Å²) in [7, 11) is 0. The van der Waals surface area contributed by atoms with Gasteiger partial charge >= 0.3 is 5.97 Å². The molecule has 0 amide bonds. The van der Waals surface area contributed by atoms with Crippen LogP contribution in [0.1, 0.15) is 15.9 Å². The van der Waals surface area contributed by atoms with E-state index in [4.69, 9.17) is 5.11 Å². The Morgan fingerprint density at radius 2 is 1.88 bits per heavy atom. The van der Waals surface area contributed by atoms with E-state index in [0.29, 0.717) is 5.56 Å². The van der Waals surface area contributed by atoms with Crippen molar-refractivity contribution in [3.63, 3.8) is 0 Å². The second-order valence-corrected chi connectivity index (χ2v) is 3.69. The van der Waals surface area contributed by atoms with Crippen LogP contribution >= 0.6 is 0 Å². The van der Waals surface area contributed by atoms with Gasteiger partial charge in [0.1, 0.15) is 0 Å². The molecule has 2 aromatic rings. The molecule has 0 saturated heterocycles. The van der Waals surface area contributed by atoms with Crippen LogP contribution < -0.4 is 0 Å². The van der Waals surface area contributed by atoms with Crippen LogP contribution in [0.3, 0.4) is 0 Å². The molecule has 2 rings (SSSR count). The maximum Gasteiger partial charge on any atom is 0.335 e. The summed E-state index contributed by atoms with van der Waals surface area (Å²) in [5, 5.41) is 10.9. The zero-order valence-electron chi connectivity index (χ0n) is 8.81. The van der Waals surface area contributed by atoms with Crippen LogP contribution in [0.5, 0.6) is 0 Å². The highest BCUT2D eigenvalue weighted by Crippen LogP contribution is 2.18. The maximum atomic E-state index is 10.8. The van der Waals surface area contributed by atoms with E-state index in [2.05, 4.69) is 12.6 Å². The lowest BCUT2D eigenvalue weighted by Crippen LogP contribution is -1.95. The average molecular weight is 212 g/mol. The fraction of sp³-hybridized carbons (Fsp3) is 0.0714. The van der Waals surface area contributed by atoms with Crippen molar-refractivity contribution in [2.75, 3.05) is 0 Å². The number of carbonyl (C=O) groups is 1. The van der Waals surface area contributed by atoms with Crippen molar-refractivity contribution >= 4 is 16.7 Å². The highest BCUT2D eigenvalue weighted by Gasteiger charge is 2.03. The predicted molar refractivity (Wildman–Crippen MR) is 64.8 cm³/mol. The van der Waals surface area contributed by atoms with Crippen LogP contribution in [0.2, 0.25) is 0 Å². The van der Waals surface area contributed by atoms with Gasteiger partial charge < -0.3 is 5.11 Å². The molecule has 2 aromatic carbocycles. The summed E-state index contributed by atoms with van der Waals surface area (Å²) in [5.74, 6) is -0.892. The van der Waals surface area contributed by atoms with Gasteiger partial charge in [0.05, 0.1) is 5.56 Å². The van der Waals surface area contributed by atoms with E-state index in [-0.39, 0.29) is 0 Å². The summed E-state index contributed by atoms with van der Waals surface area (Å²) < 4.78 is 0. The van der Waals surface area contributed by atoms with Crippen LogP contribution in [0, 0.1) is 0 Å². The molecule has 0 heterocycles.